The maximum Gasteiger partial charge on any atom is 0.134 e. The maximum atomic E-state index is 14.0. The highest BCUT2D eigenvalue weighted by atomic mass is 35.5. The van der Waals surface area contributed by atoms with Crippen molar-refractivity contribution in [2.45, 2.75) is 19.9 Å². The first kappa shape index (κ1) is 16.1. The van der Waals surface area contributed by atoms with Crippen molar-refractivity contribution in [1.29, 1.82) is 0 Å². The van der Waals surface area contributed by atoms with Gasteiger partial charge in [-0.05, 0) is 43.3 Å². The Balaban J connectivity index is 2.24. The van der Waals surface area contributed by atoms with Gasteiger partial charge in [-0.3, -0.25) is 0 Å². The second-order valence-electron chi connectivity index (χ2n) is 4.60. The molecule has 0 atom stereocenters. The van der Waals surface area contributed by atoms with E-state index in [4.69, 9.17) is 27.9 Å². The number of rotatable bonds is 6. The Labute approximate surface area is 133 Å². The van der Waals surface area contributed by atoms with Crippen LogP contribution >= 0.6 is 23.2 Å². The molecule has 0 saturated carbocycles. The van der Waals surface area contributed by atoms with Crippen molar-refractivity contribution in [2.75, 3.05) is 6.54 Å². The Morgan fingerprint density at radius 3 is 2.52 bits per heavy atom. The minimum atomic E-state index is -0.302. The molecule has 2 nitrogen and oxygen atoms in total. The zero-order valence-corrected chi connectivity index (χ0v) is 13.1. The molecule has 0 aliphatic heterocycles. The summed E-state index contributed by atoms with van der Waals surface area (Å²) in [5.74, 6) is 0.635. The van der Waals surface area contributed by atoms with Gasteiger partial charge in [0, 0.05) is 22.2 Å². The molecule has 5 heteroatoms. The smallest absolute Gasteiger partial charge is 0.134 e. The van der Waals surface area contributed by atoms with E-state index in [2.05, 4.69) is 12.2 Å². The van der Waals surface area contributed by atoms with Gasteiger partial charge in [0.2, 0.25) is 0 Å². The molecule has 0 amide bonds. The topological polar surface area (TPSA) is 21.3 Å². The molecule has 2 aromatic rings. The zero-order valence-electron chi connectivity index (χ0n) is 11.6. The summed E-state index contributed by atoms with van der Waals surface area (Å²) in [5, 5.41) is 4.11. The van der Waals surface area contributed by atoms with E-state index in [-0.39, 0.29) is 5.82 Å². The van der Waals surface area contributed by atoms with Crippen LogP contribution < -0.4 is 10.1 Å². The molecule has 0 spiro atoms. The number of halogens is 3. The van der Waals surface area contributed by atoms with E-state index in [1.807, 2.05) is 0 Å². The molecule has 0 fully saturated rings. The van der Waals surface area contributed by atoms with Gasteiger partial charge in [-0.1, -0.05) is 36.2 Å². The van der Waals surface area contributed by atoms with Gasteiger partial charge in [-0.15, -0.1) is 0 Å². The lowest BCUT2D eigenvalue weighted by molar-refractivity contribution is 0.462. The summed E-state index contributed by atoms with van der Waals surface area (Å²) in [7, 11) is 0. The summed E-state index contributed by atoms with van der Waals surface area (Å²) >= 11 is 11.9. The van der Waals surface area contributed by atoms with Crippen LogP contribution in [0.4, 0.5) is 4.39 Å². The lowest BCUT2D eigenvalue weighted by atomic mass is 10.2. The fraction of sp³-hybridized carbons (Fsp3) is 0.250. The van der Waals surface area contributed by atoms with Gasteiger partial charge in [0.25, 0.3) is 0 Å². The van der Waals surface area contributed by atoms with Crippen molar-refractivity contribution >= 4 is 23.2 Å². The Morgan fingerprint density at radius 2 is 1.86 bits per heavy atom. The van der Waals surface area contributed by atoms with Gasteiger partial charge >= 0.3 is 0 Å². The SMILES string of the molecule is CCCNCc1c(F)cccc1Oc1cc(Cl)cc(Cl)c1. The highest BCUT2D eigenvalue weighted by molar-refractivity contribution is 6.34. The van der Waals surface area contributed by atoms with E-state index in [0.717, 1.165) is 13.0 Å². The maximum absolute atomic E-state index is 14.0. The van der Waals surface area contributed by atoms with Crippen LogP contribution in [0, 0.1) is 5.82 Å². The summed E-state index contributed by atoms with van der Waals surface area (Å²) in [6.07, 6.45) is 0.981. The second-order valence-corrected chi connectivity index (χ2v) is 5.47. The first-order valence-corrected chi connectivity index (χ1v) is 7.47. The first-order valence-electron chi connectivity index (χ1n) is 6.72. The Bertz CT molecular complexity index is 599. The summed E-state index contributed by atoms with van der Waals surface area (Å²) < 4.78 is 19.7. The fourth-order valence-corrected chi connectivity index (χ4v) is 2.42. The van der Waals surface area contributed by atoms with Gasteiger partial charge in [-0.25, -0.2) is 4.39 Å². The van der Waals surface area contributed by atoms with Crippen LogP contribution in [0.5, 0.6) is 11.5 Å². The number of ether oxygens (including phenoxy) is 1. The molecule has 1 N–H and O–H groups in total. The third-order valence-electron chi connectivity index (χ3n) is 2.87. The third kappa shape index (κ3) is 4.60. The monoisotopic (exact) mass is 327 g/mol. The highest BCUT2D eigenvalue weighted by Crippen LogP contribution is 2.31. The molecule has 0 unspecified atom stereocenters. The number of hydrogen-bond donors (Lipinski definition) is 1. The van der Waals surface area contributed by atoms with E-state index in [1.54, 1.807) is 30.3 Å². The van der Waals surface area contributed by atoms with Gasteiger partial charge < -0.3 is 10.1 Å². The standard InChI is InChI=1S/C16H16Cl2FNO/c1-2-6-20-10-14-15(19)4-3-5-16(14)21-13-8-11(17)7-12(18)9-13/h3-5,7-9,20H,2,6,10H2,1H3. The van der Waals surface area contributed by atoms with Crippen LogP contribution in [-0.2, 0) is 6.54 Å². The van der Waals surface area contributed by atoms with Gasteiger partial charge in [0.15, 0.2) is 0 Å². The molecular weight excluding hydrogens is 312 g/mol. The van der Waals surface area contributed by atoms with Crippen molar-refractivity contribution in [2.24, 2.45) is 0 Å². The lowest BCUT2D eigenvalue weighted by Gasteiger charge is -2.13. The van der Waals surface area contributed by atoms with Gasteiger partial charge in [-0.2, -0.15) is 0 Å². The molecule has 0 aliphatic rings. The van der Waals surface area contributed by atoms with Gasteiger partial charge in [0.1, 0.15) is 17.3 Å². The second kappa shape index (κ2) is 7.64. The molecule has 2 aromatic carbocycles. The normalized spacial score (nSPS) is 10.7. The van der Waals surface area contributed by atoms with Crippen molar-refractivity contribution < 1.29 is 9.13 Å². The Hall–Kier alpha value is -1.29. The molecule has 0 aliphatic carbocycles. The largest absolute Gasteiger partial charge is 0.457 e. The van der Waals surface area contributed by atoms with Crippen LogP contribution in [0.1, 0.15) is 18.9 Å². The van der Waals surface area contributed by atoms with E-state index in [0.29, 0.717) is 33.7 Å². The molecule has 21 heavy (non-hydrogen) atoms. The molecule has 0 aromatic heterocycles. The molecule has 0 heterocycles. The minimum absolute atomic E-state index is 0.302. The number of hydrogen-bond acceptors (Lipinski definition) is 2. The molecule has 112 valence electrons. The molecular formula is C16H16Cl2FNO. The molecule has 0 saturated heterocycles. The van der Waals surface area contributed by atoms with Crippen molar-refractivity contribution in [1.82, 2.24) is 5.32 Å². The first-order chi connectivity index (χ1) is 10.1. The summed E-state index contributed by atoms with van der Waals surface area (Å²) in [5.41, 5.74) is 0.488. The quantitative estimate of drug-likeness (QED) is 0.715. The highest BCUT2D eigenvalue weighted by Gasteiger charge is 2.11. The van der Waals surface area contributed by atoms with Crippen molar-refractivity contribution in [3.05, 3.63) is 57.8 Å². The van der Waals surface area contributed by atoms with E-state index in [1.165, 1.54) is 6.07 Å². The van der Waals surface area contributed by atoms with Crippen LogP contribution in [0.3, 0.4) is 0 Å². The van der Waals surface area contributed by atoms with Crippen LogP contribution in [0.2, 0.25) is 10.0 Å². The van der Waals surface area contributed by atoms with Crippen LogP contribution in [0.15, 0.2) is 36.4 Å². The lowest BCUT2D eigenvalue weighted by Crippen LogP contribution is -2.15. The van der Waals surface area contributed by atoms with E-state index >= 15 is 0 Å². The number of nitrogens with one attached hydrogen (secondary N) is 1. The van der Waals surface area contributed by atoms with E-state index < -0.39 is 0 Å². The molecule has 0 bridgehead atoms. The van der Waals surface area contributed by atoms with Gasteiger partial charge in [0.05, 0.1) is 0 Å². The Morgan fingerprint density at radius 1 is 1.14 bits per heavy atom. The zero-order chi connectivity index (χ0) is 15.2. The van der Waals surface area contributed by atoms with E-state index in [9.17, 15) is 4.39 Å². The molecule has 0 radical (unpaired) electrons. The van der Waals surface area contributed by atoms with Crippen molar-refractivity contribution in [3.63, 3.8) is 0 Å². The fourth-order valence-electron chi connectivity index (χ4n) is 1.91. The molecule has 2 rings (SSSR count). The Kier molecular flexibility index (Phi) is 5.85. The van der Waals surface area contributed by atoms with Crippen molar-refractivity contribution in [3.8, 4) is 11.5 Å². The summed E-state index contributed by atoms with van der Waals surface area (Å²) in [6.45, 7) is 3.28. The third-order valence-corrected chi connectivity index (χ3v) is 3.30. The van der Waals surface area contributed by atoms with Crippen LogP contribution in [-0.4, -0.2) is 6.54 Å². The number of benzene rings is 2. The predicted molar refractivity (Wildman–Crippen MR) is 84.9 cm³/mol. The summed E-state index contributed by atoms with van der Waals surface area (Å²) in [4.78, 5) is 0. The van der Waals surface area contributed by atoms with Crippen LogP contribution in [0.25, 0.3) is 0 Å². The minimum Gasteiger partial charge on any atom is -0.457 e. The average Bonchev–Trinajstić information content (AvgIpc) is 2.41. The average molecular weight is 328 g/mol. The summed E-state index contributed by atoms with van der Waals surface area (Å²) in [6, 6.07) is 9.65. The predicted octanol–water partition coefficient (Wildman–Crippen LogP) is 5.42.